The van der Waals surface area contributed by atoms with Gasteiger partial charge in [0.15, 0.2) is 0 Å². The van der Waals surface area contributed by atoms with E-state index >= 15 is 0 Å². The highest BCUT2D eigenvalue weighted by molar-refractivity contribution is 5.89. The van der Waals surface area contributed by atoms with Crippen molar-refractivity contribution in [1.82, 2.24) is 0 Å². The number of esters is 1. The van der Waals surface area contributed by atoms with Gasteiger partial charge in [0.1, 0.15) is 5.75 Å². The second-order valence-corrected chi connectivity index (χ2v) is 8.61. The van der Waals surface area contributed by atoms with Gasteiger partial charge in [-0.1, -0.05) is 6.07 Å². The summed E-state index contributed by atoms with van der Waals surface area (Å²) in [5.74, 6) is 2.84. The predicted octanol–water partition coefficient (Wildman–Crippen LogP) is 4.72. The molecule has 4 fully saturated rings. The van der Waals surface area contributed by atoms with Crippen LogP contribution in [0.2, 0.25) is 0 Å². The van der Waals surface area contributed by atoms with Crippen molar-refractivity contribution in [1.29, 1.82) is 0 Å². The zero-order chi connectivity index (χ0) is 16.7. The van der Waals surface area contributed by atoms with Crippen molar-refractivity contribution in [2.45, 2.75) is 57.8 Å². The maximum absolute atomic E-state index is 11.5. The van der Waals surface area contributed by atoms with Crippen molar-refractivity contribution < 1.29 is 14.6 Å². The molecule has 5 rings (SSSR count). The largest absolute Gasteiger partial charge is 0.508 e. The Kier molecular flexibility index (Phi) is 4.06. The van der Waals surface area contributed by atoms with E-state index in [2.05, 4.69) is 0 Å². The van der Waals surface area contributed by atoms with Crippen LogP contribution in [0, 0.1) is 23.2 Å². The Bertz CT molecular complexity index is 599. The van der Waals surface area contributed by atoms with E-state index in [-0.39, 0.29) is 5.75 Å². The van der Waals surface area contributed by atoms with Gasteiger partial charge in [-0.25, -0.2) is 4.79 Å². The topological polar surface area (TPSA) is 46.5 Å². The Labute approximate surface area is 144 Å². The summed E-state index contributed by atoms with van der Waals surface area (Å²) >= 11 is 0. The Morgan fingerprint density at radius 3 is 2.33 bits per heavy atom. The van der Waals surface area contributed by atoms with Crippen molar-refractivity contribution in [3.05, 3.63) is 29.3 Å². The molecule has 0 unspecified atom stereocenters. The van der Waals surface area contributed by atoms with Crippen LogP contribution < -0.4 is 0 Å². The lowest BCUT2D eigenvalue weighted by molar-refractivity contribution is -0.0580. The number of hydrogen-bond acceptors (Lipinski definition) is 3. The molecule has 0 radical (unpaired) electrons. The summed E-state index contributed by atoms with van der Waals surface area (Å²) in [4.78, 5) is 11.5. The fraction of sp³-hybridized carbons (Fsp3) is 0.667. The fourth-order valence-corrected chi connectivity index (χ4v) is 6.27. The molecule has 0 amide bonds. The number of aryl methyl sites for hydroxylation is 1. The molecule has 0 heterocycles. The first kappa shape index (κ1) is 16.0. The lowest BCUT2D eigenvalue weighted by atomic mass is 9.48. The van der Waals surface area contributed by atoms with E-state index in [1.165, 1.54) is 58.1 Å². The standard InChI is InChI=1S/C21H28O3/c1-24-20(23)18-5-4-17(19(22)10-18)3-2-6-21-11-14-7-15(12-21)9-16(8-14)13-21/h4-5,10,14-16,22H,2-3,6-9,11-13H2,1H3. The van der Waals surface area contributed by atoms with Gasteiger partial charge in [0.25, 0.3) is 0 Å². The van der Waals surface area contributed by atoms with Gasteiger partial charge in [-0.15, -0.1) is 0 Å². The van der Waals surface area contributed by atoms with Crippen LogP contribution in [0.5, 0.6) is 5.75 Å². The van der Waals surface area contributed by atoms with E-state index in [9.17, 15) is 9.90 Å². The third kappa shape index (κ3) is 2.94. The minimum atomic E-state index is -0.398. The molecule has 0 spiro atoms. The van der Waals surface area contributed by atoms with Gasteiger partial charge in [-0.2, -0.15) is 0 Å². The Balaban J connectivity index is 1.37. The number of phenolic OH excluding ortho intramolecular Hbond substituents is 1. The highest BCUT2D eigenvalue weighted by Crippen LogP contribution is 2.61. The monoisotopic (exact) mass is 328 g/mol. The van der Waals surface area contributed by atoms with Gasteiger partial charge in [-0.05, 0) is 98.7 Å². The molecular weight excluding hydrogens is 300 g/mol. The number of ether oxygens (including phenoxy) is 1. The van der Waals surface area contributed by atoms with Crippen LogP contribution in [0.1, 0.15) is 67.3 Å². The first-order valence-corrected chi connectivity index (χ1v) is 9.47. The van der Waals surface area contributed by atoms with Gasteiger partial charge >= 0.3 is 5.97 Å². The molecule has 1 N–H and O–H groups in total. The van der Waals surface area contributed by atoms with Gasteiger partial charge in [0.2, 0.25) is 0 Å². The molecule has 0 saturated heterocycles. The van der Waals surface area contributed by atoms with Crippen LogP contribution >= 0.6 is 0 Å². The molecular formula is C21H28O3. The molecule has 0 aromatic heterocycles. The van der Waals surface area contributed by atoms with Crippen molar-refractivity contribution in [3.8, 4) is 5.75 Å². The first-order valence-electron chi connectivity index (χ1n) is 9.47. The molecule has 3 nitrogen and oxygen atoms in total. The number of hydrogen-bond donors (Lipinski definition) is 1. The summed E-state index contributed by atoms with van der Waals surface area (Å²) in [6.07, 6.45) is 12.2. The highest BCUT2D eigenvalue weighted by Gasteiger charge is 2.50. The second-order valence-electron chi connectivity index (χ2n) is 8.61. The molecule has 24 heavy (non-hydrogen) atoms. The maximum atomic E-state index is 11.5. The molecule has 3 heteroatoms. The quantitative estimate of drug-likeness (QED) is 0.796. The summed E-state index contributed by atoms with van der Waals surface area (Å²) in [6.45, 7) is 0. The zero-order valence-electron chi connectivity index (χ0n) is 14.6. The Morgan fingerprint density at radius 1 is 1.17 bits per heavy atom. The summed E-state index contributed by atoms with van der Waals surface area (Å²) in [5, 5.41) is 10.2. The molecule has 0 aliphatic heterocycles. The van der Waals surface area contributed by atoms with E-state index in [1.807, 2.05) is 6.07 Å². The Morgan fingerprint density at radius 2 is 1.79 bits per heavy atom. The van der Waals surface area contributed by atoms with E-state index in [4.69, 9.17) is 4.74 Å². The summed E-state index contributed by atoms with van der Waals surface area (Å²) in [5.41, 5.74) is 1.98. The highest BCUT2D eigenvalue weighted by atomic mass is 16.5. The van der Waals surface area contributed by atoms with Crippen molar-refractivity contribution >= 4 is 5.97 Å². The number of aromatic hydroxyl groups is 1. The molecule has 4 bridgehead atoms. The van der Waals surface area contributed by atoms with Crippen LogP contribution in [0.4, 0.5) is 0 Å². The SMILES string of the molecule is COC(=O)c1ccc(CCCC23CC4CC(CC(C4)C2)C3)c(O)c1. The molecule has 4 aliphatic rings. The first-order chi connectivity index (χ1) is 11.6. The van der Waals surface area contributed by atoms with E-state index in [0.717, 1.165) is 36.2 Å². The van der Waals surface area contributed by atoms with Gasteiger partial charge in [0, 0.05) is 0 Å². The van der Waals surface area contributed by atoms with Crippen LogP contribution in [-0.4, -0.2) is 18.2 Å². The van der Waals surface area contributed by atoms with Gasteiger partial charge in [-0.3, -0.25) is 0 Å². The smallest absolute Gasteiger partial charge is 0.337 e. The minimum Gasteiger partial charge on any atom is -0.508 e. The molecule has 0 atom stereocenters. The molecule has 1 aromatic carbocycles. The van der Waals surface area contributed by atoms with Gasteiger partial charge < -0.3 is 9.84 Å². The number of benzene rings is 1. The summed E-state index contributed by atoms with van der Waals surface area (Å²) < 4.78 is 4.70. The molecule has 4 saturated carbocycles. The fourth-order valence-electron chi connectivity index (χ4n) is 6.27. The number of methoxy groups -OCH3 is 1. The van der Waals surface area contributed by atoms with E-state index in [0.29, 0.717) is 11.0 Å². The summed E-state index contributed by atoms with van der Waals surface area (Å²) in [6, 6.07) is 5.17. The molecule has 130 valence electrons. The van der Waals surface area contributed by atoms with E-state index < -0.39 is 5.97 Å². The minimum absolute atomic E-state index is 0.225. The van der Waals surface area contributed by atoms with Crippen molar-refractivity contribution in [2.75, 3.05) is 7.11 Å². The zero-order valence-corrected chi connectivity index (χ0v) is 14.6. The second kappa shape index (κ2) is 6.09. The van der Waals surface area contributed by atoms with Crippen LogP contribution in [0.3, 0.4) is 0 Å². The van der Waals surface area contributed by atoms with Crippen LogP contribution in [-0.2, 0) is 11.2 Å². The normalized spacial score (nSPS) is 33.6. The third-order valence-corrected chi connectivity index (χ3v) is 6.82. The molecule has 4 aliphatic carbocycles. The number of phenols is 1. The summed E-state index contributed by atoms with van der Waals surface area (Å²) in [7, 11) is 1.36. The predicted molar refractivity (Wildman–Crippen MR) is 93.0 cm³/mol. The van der Waals surface area contributed by atoms with Crippen LogP contribution in [0.15, 0.2) is 18.2 Å². The van der Waals surface area contributed by atoms with E-state index in [1.54, 1.807) is 6.07 Å². The number of carbonyl (C=O) groups is 1. The molecule has 1 aromatic rings. The van der Waals surface area contributed by atoms with Gasteiger partial charge in [0.05, 0.1) is 12.7 Å². The number of carbonyl (C=O) groups excluding carboxylic acids is 1. The Hall–Kier alpha value is -1.51. The lowest BCUT2D eigenvalue weighted by Crippen LogP contribution is -2.45. The maximum Gasteiger partial charge on any atom is 0.337 e. The number of rotatable bonds is 5. The van der Waals surface area contributed by atoms with Crippen molar-refractivity contribution in [3.63, 3.8) is 0 Å². The van der Waals surface area contributed by atoms with Crippen molar-refractivity contribution in [2.24, 2.45) is 23.2 Å². The third-order valence-electron chi connectivity index (χ3n) is 6.82. The average Bonchev–Trinajstić information content (AvgIpc) is 2.54. The van der Waals surface area contributed by atoms with Crippen LogP contribution in [0.25, 0.3) is 0 Å². The lowest BCUT2D eigenvalue weighted by Gasteiger charge is -2.57. The average molecular weight is 328 g/mol.